The van der Waals surface area contributed by atoms with Crippen molar-refractivity contribution >= 4 is 5.78 Å². The van der Waals surface area contributed by atoms with Crippen LogP contribution in [0.3, 0.4) is 0 Å². The van der Waals surface area contributed by atoms with E-state index in [0.29, 0.717) is 6.04 Å². The van der Waals surface area contributed by atoms with Crippen LogP contribution in [0.1, 0.15) is 19.8 Å². The van der Waals surface area contributed by atoms with Crippen LogP contribution in [0.15, 0.2) is 0 Å². The molecule has 0 amide bonds. The molecule has 2 unspecified atom stereocenters. The van der Waals surface area contributed by atoms with Crippen LogP contribution in [0.2, 0.25) is 0 Å². The highest BCUT2D eigenvalue weighted by Crippen LogP contribution is 2.08. The quantitative estimate of drug-likeness (QED) is 0.587. The van der Waals surface area contributed by atoms with Crippen molar-refractivity contribution in [2.75, 3.05) is 13.6 Å². The summed E-state index contributed by atoms with van der Waals surface area (Å²) in [6.07, 6.45) is 2.06. The molecule has 3 heteroatoms. The van der Waals surface area contributed by atoms with E-state index in [9.17, 15) is 4.79 Å². The van der Waals surface area contributed by atoms with Crippen molar-refractivity contribution in [2.45, 2.75) is 31.8 Å². The highest BCUT2D eigenvalue weighted by Gasteiger charge is 2.22. The first-order valence-electron chi connectivity index (χ1n) is 4.15. The normalized spacial score (nSPS) is 31.8. The first kappa shape index (κ1) is 8.68. The number of nitrogens with one attached hydrogen (secondary N) is 2. The lowest BCUT2D eigenvalue weighted by molar-refractivity contribution is -0.119. The predicted octanol–water partition coefficient (Wildman–Crippen LogP) is -0.0846. The minimum absolute atomic E-state index is 0.0844. The fourth-order valence-corrected chi connectivity index (χ4v) is 1.49. The number of hydrogen-bond acceptors (Lipinski definition) is 3. The molecular weight excluding hydrogens is 140 g/mol. The fraction of sp³-hybridized carbons (Fsp3) is 0.875. The second-order valence-corrected chi connectivity index (χ2v) is 3.13. The molecule has 1 rings (SSSR count). The number of ketones is 1. The summed E-state index contributed by atoms with van der Waals surface area (Å²) in [6, 6.07) is 0.603. The number of piperidine rings is 1. The van der Waals surface area contributed by atoms with Gasteiger partial charge in [-0.05, 0) is 33.4 Å². The minimum atomic E-state index is 0.0844. The highest BCUT2D eigenvalue weighted by atomic mass is 16.1. The molecule has 0 spiro atoms. The molecule has 64 valence electrons. The lowest BCUT2D eigenvalue weighted by Crippen LogP contribution is -2.48. The van der Waals surface area contributed by atoms with Gasteiger partial charge in [-0.15, -0.1) is 0 Å². The lowest BCUT2D eigenvalue weighted by atomic mass is 9.97. The summed E-state index contributed by atoms with van der Waals surface area (Å²) < 4.78 is 0. The summed E-state index contributed by atoms with van der Waals surface area (Å²) in [6.45, 7) is 2.60. The van der Waals surface area contributed by atoms with E-state index in [4.69, 9.17) is 0 Å². The molecule has 0 bridgehead atoms. The van der Waals surface area contributed by atoms with Gasteiger partial charge in [0.25, 0.3) is 0 Å². The van der Waals surface area contributed by atoms with Crippen molar-refractivity contribution < 1.29 is 4.79 Å². The van der Waals surface area contributed by atoms with Crippen LogP contribution in [0, 0.1) is 0 Å². The Morgan fingerprint density at radius 2 is 2.36 bits per heavy atom. The van der Waals surface area contributed by atoms with Crippen molar-refractivity contribution in [3.05, 3.63) is 0 Å². The molecule has 0 aromatic carbocycles. The average molecular weight is 156 g/mol. The molecule has 1 aliphatic rings. The van der Waals surface area contributed by atoms with Crippen molar-refractivity contribution in [3.8, 4) is 0 Å². The zero-order valence-electron chi connectivity index (χ0n) is 7.18. The van der Waals surface area contributed by atoms with Crippen LogP contribution in [-0.2, 0) is 4.79 Å². The molecule has 2 N–H and O–H groups in total. The Labute approximate surface area is 67.5 Å². The van der Waals surface area contributed by atoms with Crippen LogP contribution < -0.4 is 10.6 Å². The Hall–Kier alpha value is -0.410. The molecule has 2 atom stereocenters. The number of Topliss-reactive ketones (excluding diaryl/α,β-unsaturated/α-hetero) is 1. The third kappa shape index (κ3) is 2.27. The van der Waals surface area contributed by atoms with Gasteiger partial charge in [-0.3, -0.25) is 4.79 Å². The maximum atomic E-state index is 11.0. The third-order valence-electron chi connectivity index (χ3n) is 2.30. The standard InChI is InChI=1S/C8H16N2O/c1-6(11)8-5-7(9-2)3-4-10-8/h7-10H,3-5H2,1-2H3. The maximum absolute atomic E-state index is 11.0. The zero-order chi connectivity index (χ0) is 8.27. The van der Waals surface area contributed by atoms with Gasteiger partial charge < -0.3 is 10.6 Å². The molecular formula is C8H16N2O. The molecule has 0 radical (unpaired) electrons. The molecule has 0 saturated carbocycles. The molecule has 0 aromatic heterocycles. The number of carbonyl (C=O) groups is 1. The molecule has 1 saturated heterocycles. The van der Waals surface area contributed by atoms with E-state index in [0.717, 1.165) is 19.4 Å². The van der Waals surface area contributed by atoms with Crippen LogP contribution in [-0.4, -0.2) is 31.5 Å². The number of rotatable bonds is 2. The van der Waals surface area contributed by atoms with Crippen LogP contribution >= 0.6 is 0 Å². The SMILES string of the molecule is CNC1CCNC(C(C)=O)C1. The molecule has 1 aliphatic heterocycles. The molecule has 1 fully saturated rings. The zero-order valence-corrected chi connectivity index (χ0v) is 7.18. The van der Waals surface area contributed by atoms with Crippen LogP contribution in [0.5, 0.6) is 0 Å². The van der Waals surface area contributed by atoms with E-state index < -0.39 is 0 Å². The summed E-state index contributed by atoms with van der Waals surface area (Å²) in [5.41, 5.74) is 0. The summed E-state index contributed by atoms with van der Waals surface area (Å²) in [5.74, 6) is 0.255. The third-order valence-corrected chi connectivity index (χ3v) is 2.30. The van der Waals surface area contributed by atoms with Gasteiger partial charge in [0.1, 0.15) is 5.78 Å². The van der Waals surface area contributed by atoms with Crippen molar-refractivity contribution in [2.24, 2.45) is 0 Å². The summed E-state index contributed by atoms with van der Waals surface area (Å²) in [7, 11) is 1.95. The Morgan fingerprint density at radius 1 is 1.64 bits per heavy atom. The molecule has 1 heterocycles. The minimum Gasteiger partial charge on any atom is -0.317 e. The summed E-state index contributed by atoms with van der Waals surface area (Å²) in [5, 5.41) is 6.39. The predicted molar refractivity (Wildman–Crippen MR) is 44.6 cm³/mol. The maximum Gasteiger partial charge on any atom is 0.146 e. The molecule has 0 aromatic rings. The molecule has 11 heavy (non-hydrogen) atoms. The Morgan fingerprint density at radius 3 is 2.91 bits per heavy atom. The second kappa shape index (κ2) is 3.83. The highest BCUT2D eigenvalue weighted by molar-refractivity contribution is 5.81. The van der Waals surface area contributed by atoms with Gasteiger partial charge in [0.15, 0.2) is 0 Å². The van der Waals surface area contributed by atoms with Crippen LogP contribution in [0.25, 0.3) is 0 Å². The number of carbonyl (C=O) groups excluding carboxylic acids is 1. The van der Waals surface area contributed by atoms with E-state index in [1.807, 2.05) is 7.05 Å². The summed E-state index contributed by atoms with van der Waals surface area (Å²) in [4.78, 5) is 11.0. The van der Waals surface area contributed by atoms with Gasteiger partial charge in [0.2, 0.25) is 0 Å². The average Bonchev–Trinajstić information content (AvgIpc) is 2.05. The van der Waals surface area contributed by atoms with Gasteiger partial charge >= 0.3 is 0 Å². The van der Waals surface area contributed by atoms with Crippen LogP contribution in [0.4, 0.5) is 0 Å². The number of hydrogen-bond donors (Lipinski definition) is 2. The van der Waals surface area contributed by atoms with E-state index in [1.165, 1.54) is 0 Å². The smallest absolute Gasteiger partial charge is 0.146 e. The van der Waals surface area contributed by atoms with Gasteiger partial charge in [-0.1, -0.05) is 0 Å². The van der Waals surface area contributed by atoms with Gasteiger partial charge in [0, 0.05) is 6.04 Å². The fourth-order valence-electron chi connectivity index (χ4n) is 1.49. The van der Waals surface area contributed by atoms with Gasteiger partial charge in [-0.2, -0.15) is 0 Å². The topological polar surface area (TPSA) is 41.1 Å². The van der Waals surface area contributed by atoms with Crippen molar-refractivity contribution in [1.29, 1.82) is 0 Å². The van der Waals surface area contributed by atoms with E-state index in [2.05, 4.69) is 10.6 Å². The monoisotopic (exact) mass is 156 g/mol. The van der Waals surface area contributed by atoms with Gasteiger partial charge in [-0.25, -0.2) is 0 Å². The first-order chi connectivity index (χ1) is 5.24. The Balaban J connectivity index is 2.39. The molecule has 3 nitrogen and oxygen atoms in total. The lowest BCUT2D eigenvalue weighted by Gasteiger charge is -2.28. The molecule has 0 aliphatic carbocycles. The summed E-state index contributed by atoms with van der Waals surface area (Å²) >= 11 is 0. The second-order valence-electron chi connectivity index (χ2n) is 3.13. The first-order valence-corrected chi connectivity index (χ1v) is 4.15. The van der Waals surface area contributed by atoms with E-state index >= 15 is 0 Å². The van der Waals surface area contributed by atoms with E-state index in [-0.39, 0.29) is 11.8 Å². The van der Waals surface area contributed by atoms with Gasteiger partial charge in [0.05, 0.1) is 6.04 Å². The van der Waals surface area contributed by atoms with E-state index in [1.54, 1.807) is 6.92 Å². The Bertz CT molecular complexity index is 147. The largest absolute Gasteiger partial charge is 0.317 e. The Kier molecular flexibility index (Phi) is 3.02. The van der Waals surface area contributed by atoms with Crippen molar-refractivity contribution in [3.63, 3.8) is 0 Å². The van der Waals surface area contributed by atoms with Crippen molar-refractivity contribution in [1.82, 2.24) is 10.6 Å².